The van der Waals surface area contributed by atoms with Crippen LogP contribution in [0.1, 0.15) is 5.56 Å². The third-order valence-corrected chi connectivity index (χ3v) is 2.05. The van der Waals surface area contributed by atoms with E-state index in [4.69, 9.17) is 0 Å². The molecule has 2 heterocycles. The predicted octanol–water partition coefficient (Wildman–Crippen LogP) is 1.99. The highest BCUT2D eigenvalue weighted by atomic mass is 32.1. The molecule has 2 aromatic rings. The number of aromatic amines is 1. The topological polar surface area (TPSA) is 28.7 Å². The van der Waals surface area contributed by atoms with Crippen molar-refractivity contribution < 1.29 is 0 Å². The molecule has 2 rings (SSSR count). The molecule has 0 saturated heterocycles. The lowest BCUT2D eigenvalue weighted by molar-refractivity contribution is 1.32. The second-order valence-corrected chi connectivity index (χ2v) is 2.69. The van der Waals surface area contributed by atoms with Crippen LogP contribution in [0.4, 0.5) is 0 Å². The average Bonchev–Trinajstić information content (AvgIpc) is 2.47. The van der Waals surface area contributed by atoms with Crippen molar-refractivity contribution >= 4 is 23.7 Å². The zero-order valence-electron chi connectivity index (χ0n) is 5.91. The fourth-order valence-electron chi connectivity index (χ4n) is 1.14. The average molecular weight is 164 g/mol. The minimum Gasteiger partial charge on any atom is -0.346 e. The maximum absolute atomic E-state index is 4.20. The number of thiol groups is 1. The van der Waals surface area contributed by atoms with Gasteiger partial charge in [0.1, 0.15) is 5.65 Å². The van der Waals surface area contributed by atoms with Crippen molar-refractivity contribution in [2.24, 2.45) is 0 Å². The number of hydrogen-bond acceptors (Lipinski definition) is 2. The van der Waals surface area contributed by atoms with E-state index in [1.807, 2.05) is 18.3 Å². The van der Waals surface area contributed by atoms with Gasteiger partial charge in [-0.15, -0.1) is 0 Å². The van der Waals surface area contributed by atoms with E-state index in [0.29, 0.717) is 0 Å². The Morgan fingerprint density at radius 2 is 2.45 bits per heavy atom. The zero-order chi connectivity index (χ0) is 7.68. The Balaban J connectivity index is 2.76. The van der Waals surface area contributed by atoms with Crippen molar-refractivity contribution in [3.63, 3.8) is 0 Å². The first kappa shape index (κ1) is 6.73. The van der Waals surface area contributed by atoms with Crippen LogP contribution in [-0.4, -0.2) is 9.97 Å². The third-order valence-electron chi connectivity index (χ3n) is 1.71. The summed E-state index contributed by atoms with van der Waals surface area (Å²) in [6.45, 7) is 0. The summed E-state index contributed by atoms with van der Waals surface area (Å²) in [5, 5.41) is 1.17. The molecular formula is C8H8N2S. The lowest BCUT2D eigenvalue weighted by Crippen LogP contribution is -1.74. The van der Waals surface area contributed by atoms with E-state index in [9.17, 15) is 0 Å². The van der Waals surface area contributed by atoms with E-state index in [1.165, 1.54) is 10.9 Å². The molecule has 0 atom stereocenters. The summed E-state index contributed by atoms with van der Waals surface area (Å²) in [4.78, 5) is 7.24. The summed E-state index contributed by atoms with van der Waals surface area (Å²) in [7, 11) is 0. The van der Waals surface area contributed by atoms with Crippen LogP contribution in [0.5, 0.6) is 0 Å². The Hall–Kier alpha value is -0.960. The zero-order valence-corrected chi connectivity index (χ0v) is 6.81. The highest BCUT2D eigenvalue weighted by molar-refractivity contribution is 7.79. The van der Waals surface area contributed by atoms with Gasteiger partial charge in [0.2, 0.25) is 0 Å². The van der Waals surface area contributed by atoms with Gasteiger partial charge in [0.25, 0.3) is 0 Å². The molecule has 0 aliphatic rings. The number of H-pyrrole nitrogens is 1. The fourth-order valence-corrected chi connectivity index (χ4v) is 1.41. The van der Waals surface area contributed by atoms with Crippen molar-refractivity contribution in [2.75, 3.05) is 0 Å². The predicted molar refractivity (Wildman–Crippen MR) is 48.8 cm³/mol. The Morgan fingerprint density at radius 3 is 3.27 bits per heavy atom. The minimum atomic E-state index is 0.756. The maximum atomic E-state index is 4.20. The lowest BCUT2D eigenvalue weighted by Gasteiger charge is -1.89. The van der Waals surface area contributed by atoms with Crippen LogP contribution < -0.4 is 0 Å². The largest absolute Gasteiger partial charge is 0.346 e. The molecule has 2 aromatic heterocycles. The highest BCUT2D eigenvalue weighted by Crippen LogP contribution is 2.16. The summed E-state index contributed by atoms with van der Waals surface area (Å²) < 4.78 is 0. The van der Waals surface area contributed by atoms with Gasteiger partial charge in [-0.1, -0.05) is 0 Å². The molecule has 0 amide bonds. The van der Waals surface area contributed by atoms with E-state index >= 15 is 0 Å². The van der Waals surface area contributed by atoms with E-state index in [2.05, 4.69) is 22.6 Å². The Labute approximate surface area is 70.1 Å². The van der Waals surface area contributed by atoms with Gasteiger partial charge in [0.15, 0.2) is 0 Å². The number of nitrogens with zero attached hydrogens (tertiary/aromatic N) is 1. The second kappa shape index (κ2) is 2.58. The molecule has 0 saturated carbocycles. The van der Waals surface area contributed by atoms with Gasteiger partial charge < -0.3 is 4.98 Å². The Bertz CT molecular complexity index is 367. The van der Waals surface area contributed by atoms with Crippen LogP contribution in [0.2, 0.25) is 0 Å². The summed E-state index contributed by atoms with van der Waals surface area (Å²) in [5.41, 5.74) is 2.15. The van der Waals surface area contributed by atoms with Gasteiger partial charge >= 0.3 is 0 Å². The molecule has 3 heteroatoms. The molecule has 0 aromatic carbocycles. The van der Waals surface area contributed by atoms with Crippen LogP contribution in [0, 0.1) is 0 Å². The summed E-state index contributed by atoms with van der Waals surface area (Å²) in [5.74, 6) is 0.756. The van der Waals surface area contributed by atoms with Crippen molar-refractivity contribution in [1.82, 2.24) is 9.97 Å². The molecule has 11 heavy (non-hydrogen) atoms. The first-order valence-electron chi connectivity index (χ1n) is 3.43. The molecule has 0 unspecified atom stereocenters. The van der Waals surface area contributed by atoms with E-state index < -0.39 is 0 Å². The van der Waals surface area contributed by atoms with Gasteiger partial charge in [-0.3, -0.25) is 0 Å². The van der Waals surface area contributed by atoms with Crippen LogP contribution in [-0.2, 0) is 5.75 Å². The monoisotopic (exact) mass is 164 g/mol. The third kappa shape index (κ3) is 1.01. The van der Waals surface area contributed by atoms with Gasteiger partial charge in [-0.2, -0.15) is 12.6 Å². The maximum Gasteiger partial charge on any atom is 0.137 e. The molecule has 2 nitrogen and oxygen atoms in total. The summed E-state index contributed by atoms with van der Waals surface area (Å²) >= 11 is 4.20. The molecule has 0 fully saturated rings. The summed E-state index contributed by atoms with van der Waals surface area (Å²) in [6.07, 6.45) is 3.73. The van der Waals surface area contributed by atoms with Crippen molar-refractivity contribution in [1.29, 1.82) is 0 Å². The minimum absolute atomic E-state index is 0.756. The molecule has 0 aliphatic carbocycles. The molecule has 0 spiro atoms. The normalized spacial score (nSPS) is 10.6. The van der Waals surface area contributed by atoms with E-state index in [-0.39, 0.29) is 0 Å². The first-order chi connectivity index (χ1) is 5.42. The number of fused-ring (bicyclic) bond motifs is 1. The van der Waals surface area contributed by atoms with E-state index in [1.54, 1.807) is 6.20 Å². The quantitative estimate of drug-likeness (QED) is 0.620. The van der Waals surface area contributed by atoms with Crippen molar-refractivity contribution in [3.05, 3.63) is 30.1 Å². The molecule has 0 radical (unpaired) electrons. The Kier molecular flexibility index (Phi) is 1.58. The lowest BCUT2D eigenvalue weighted by atomic mass is 10.2. The SMILES string of the molecule is SCc1c[nH]c2ncccc12. The molecule has 0 aliphatic heterocycles. The van der Waals surface area contributed by atoms with Gasteiger partial charge in [-0.25, -0.2) is 4.98 Å². The second-order valence-electron chi connectivity index (χ2n) is 2.37. The molecule has 1 N–H and O–H groups in total. The summed E-state index contributed by atoms with van der Waals surface area (Å²) in [6, 6.07) is 3.98. The Morgan fingerprint density at radius 1 is 1.55 bits per heavy atom. The van der Waals surface area contributed by atoms with Crippen LogP contribution in [0.15, 0.2) is 24.5 Å². The fraction of sp³-hybridized carbons (Fsp3) is 0.125. The van der Waals surface area contributed by atoms with Gasteiger partial charge in [-0.05, 0) is 17.7 Å². The molecular weight excluding hydrogens is 156 g/mol. The highest BCUT2D eigenvalue weighted by Gasteiger charge is 1.99. The smallest absolute Gasteiger partial charge is 0.137 e. The number of nitrogens with one attached hydrogen (secondary N) is 1. The van der Waals surface area contributed by atoms with Crippen molar-refractivity contribution in [3.8, 4) is 0 Å². The van der Waals surface area contributed by atoms with Crippen LogP contribution in [0.25, 0.3) is 11.0 Å². The number of pyridine rings is 1. The number of hydrogen-bond donors (Lipinski definition) is 2. The molecule has 56 valence electrons. The standard InChI is InChI=1S/C8H8N2S/c11-5-6-4-10-8-7(6)2-1-3-9-8/h1-4,11H,5H2,(H,9,10). The van der Waals surface area contributed by atoms with Crippen molar-refractivity contribution in [2.45, 2.75) is 5.75 Å². The van der Waals surface area contributed by atoms with Crippen LogP contribution >= 0.6 is 12.6 Å². The first-order valence-corrected chi connectivity index (χ1v) is 4.07. The number of rotatable bonds is 1. The van der Waals surface area contributed by atoms with E-state index in [0.717, 1.165) is 11.4 Å². The van der Waals surface area contributed by atoms with Crippen LogP contribution in [0.3, 0.4) is 0 Å². The van der Waals surface area contributed by atoms with Gasteiger partial charge in [0, 0.05) is 23.5 Å². The number of aromatic nitrogens is 2. The molecule has 0 bridgehead atoms. The van der Waals surface area contributed by atoms with Gasteiger partial charge in [0.05, 0.1) is 0 Å².